The molecule has 0 heterocycles. The van der Waals surface area contributed by atoms with Gasteiger partial charge in [0.05, 0.1) is 5.60 Å². The summed E-state index contributed by atoms with van der Waals surface area (Å²) >= 11 is 0. The Morgan fingerprint density at radius 2 is 1.87 bits per heavy atom. The molecule has 1 aliphatic carbocycles. The lowest BCUT2D eigenvalue weighted by Crippen LogP contribution is -2.52. The number of carbonyl (C=O) groups is 1. The molecule has 15 heavy (non-hydrogen) atoms. The van der Waals surface area contributed by atoms with Gasteiger partial charge in [-0.05, 0) is 46.5 Å². The summed E-state index contributed by atoms with van der Waals surface area (Å²) in [6.45, 7) is 5.62. The van der Waals surface area contributed by atoms with Crippen LogP contribution in [0.4, 0.5) is 4.39 Å². The van der Waals surface area contributed by atoms with Gasteiger partial charge in [0, 0.05) is 0 Å². The fourth-order valence-corrected chi connectivity index (χ4v) is 2.03. The summed E-state index contributed by atoms with van der Waals surface area (Å²) in [4.78, 5) is 11.4. The Hall–Kier alpha value is -0.640. The first-order valence-electron chi connectivity index (χ1n) is 5.39. The molecule has 88 valence electrons. The van der Waals surface area contributed by atoms with Gasteiger partial charge < -0.3 is 10.5 Å². The van der Waals surface area contributed by atoms with Gasteiger partial charge in [0.2, 0.25) is 5.91 Å². The summed E-state index contributed by atoms with van der Waals surface area (Å²) in [6, 6.07) is 0. The van der Waals surface area contributed by atoms with E-state index in [1.807, 2.05) is 20.8 Å². The number of nitrogens with two attached hydrogens (primary N) is 1. The van der Waals surface area contributed by atoms with Crippen LogP contribution in [0.2, 0.25) is 0 Å². The molecule has 0 unspecified atom stereocenters. The normalized spacial score (nSPS) is 32.7. The number of hydrogen-bond acceptors (Lipinski definition) is 2. The molecule has 1 fully saturated rings. The fraction of sp³-hybridized carbons (Fsp3) is 0.909. The van der Waals surface area contributed by atoms with Gasteiger partial charge >= 0.3 is 0 Å². The highest BCUT2D eigenvalue weighted by atomic mass is 19.1. The minimum atomic E-state index is -0.957. The first-order valence-corrected chi connectivity index (χ1v) is 5.39. The van der Waals surface area contributed by atoms with Crippen LogP contribution in [0.5, 0.6) is 0 Å². The molecule has 0 atom stereocenters. The number of hydrogen-bond donors (Lipinski definition) is 1. The van der Waals surface area contributed by atoms with Crippen LogP contribution < -0.4 is 5.73 Å². The largest absolute Gasteiger partial charge is 0.367 e. The molecule has 1 amide bonds. The van der Waals surface area contributed by atoms with Crippen molar-refractivity contribution >= 4 is 5.91 Å². The molecule has 3 nitrogen and oxygen atoms in total. The molecule has 0 aromatic heterocycles. The molecule has 0 saturated heterocycles. The van der Waals surface area contributed by atoms with Gasteiger partial charge in [-0.1, -0.05) is 0 Å². The molecule has 4 heteroatoms. The van der Waals surface area contributed by atoms with Gasteiger partial charge in [-0.25, -0.2) is 4.39 Å². The summed E-state index contributed by atoms with van der Waals surface area (Å²) < 4.78 is 18.8. The topological polar surface area (TPSA) is 52.3 Å². The summed E-state index contributed by atoms with van der Waals surface area (Å²) in [7, 11) is 0. The maximum absolute atomic E-state index is 13.0. The zero-order chi connectivity index (χ0) is 11.7. The van der Waals surface area contributed by atoms with E-state index in [1.165, 1.54) is 0 Å². The van der Waals surface area contributed by atoms with E-state index >= 15 is 0 Å². The minimum Gasteiger partial charge on any atom is -0.367 e. The van der Waals surface area contributed by atoms with E-state index in [1.54, 1.807) is 0 Å². The van der Waals surface area contributed by atoms with Crippen molar-refractivity contribution in [3.05, 3.63) is 0 Å². The maximum Gasteiger partial charge on any atom is 0.249 e. The molecular weight excluding hydrogens is 197 g/mol. The summed E-state index contributed by atoms with van der Waals surface area (Å²) in [5.41, 5.74) is 3.98. The smallest absolute Gasteiger partial charge is 0.249 e. The Morgan fingerprint density at radius 1 is 1.40 bits per heavy atom. The number of ether oxygens (including phenoxy) is 1. The van der Waals surface area contributed by atoms with Crippen LogP contribution in [0, 0.1) is 0 Å². The SMILES string of the molecule is CC(C)(C)OC1(C(N)=O)CCC(F)CC1. The molecule has 1 aliphatic rings. The van der Waals surface area contributed by atoms with Crippen molar-refractivity contribution in [2.24, 2.45) is 5.73 Å². The Labute approximate surface area is 90.2 Å². The third kappa shape index (κ3) is 3.16. The molecule has 1 rings (SSSR count). The maximum atomic E-state index is 13.0. The van der Waals surface area contributed by atoms with Gasteiger partial charge in [-0.15, -0.1) is 0 Å². The monoisotopic (exact) mass is 217 g/mol. The van der Waals surface area contributed by atoms with Crippen LogP contribution >= 0.6 is 0 Å². The Balaban J connectivity index is 2.76. The molecule has 0 radical (unpaired) electrons. The molecule has 0 bridgehead atoms. The lowest BCUT2D eigenvalue weighted by molar-refractivity contribution is -0.174. The molecule has 0 aliphatic heterocycles. The van der Waals surface area contributed by atoms with E-state index in [0.29, 0.717) is 25.7 Å². The van der Waals surface area contributed by atoms with Gasteiger partial charge in [0.1, 0.15) is 11.8 Å². The fourth-order valence-electron chi connectivity index (χ4n) is 2.03. The number of amides is 1. The van der Waals surface area contributed by atoms with E-state index < -0.39 is 23.3 Å². The highest BCUT2D eigenvalue weighted by Gasteiger charge is 2.44. The lowest BCUT2D eigenvalue weighted by atomic mass is 9.82. The van der Waals surface area contributed by atoms with E-state index in [-0.39, 0.29) is 0 Å². The average Bonchev–Trinajstić information content (AvgIpc) is 2.06. The van der Waals surface area contributed by atoms with E-state index in [2.05, 4.69) is 0 Å². The number of halogens is 1. The van der Waals surface area contributed by atoms with Crippen molar-refractivity contribution in [1.29, 1.82) is 0 Å². The van der Waals surface area contributed by atoms with Gasteiger partial charge in [0.25, 0.3) is 0 Å². The van der Waals surface area contributed by atoms with Gasteiger partial charge in [-0.2, -0.15) is 0 Å². The lowest BCUT2D eigenvalue weighted by Gasteiger charge is -2.40. The van der Waals surface area contributed by atoms with Crippen LogP contribution in [0.1, 0.15) is 46.5 Å². The van der Waals surface area contributed by atoms with E-state index in [9.17, 15) is 9.18 Å². The van der Waals surface area contributed by atoms with E-state index in [4.69, 9.17) is 10.5 Å². The molecule has 1 saturated carbocycles. The molecule has 0 aromatic carbocycles. The molecular formula is C11H20FNO2. The van der Waals surface area contributed by atoms with Crippen LogP contribution in [0.3, 0.4) is 0 Å². The second-order valence-corrected chi connectivity index (χ2v) is 5.25. The Morgan fingerprint density at radius 3 is 2.20 bits per heavy atom. The third-order valence-corrected chi connectivity index (χ3v) is 2.67. The highest BCUT2D eigenvalue weighted by molar-refractivity contribution is 5.83. The number of carbonyl (C=O) groups excluding carboxylic acids is 1. The quantitative estimate of drug-likeness (QED) is 0.768. The molecule has 0 aromatic rings. The Kier molecular flexibility index (Phi) is 3.38. The zero-order valence-electron chi connectivity index (χ0n) is 9.68. The minimum absolute atomic E-state index is 0.360. The third-order valence-electron chi connectivity index (χ3n) is 2.67. The van der Waals surface area contributed by atoms with Crippen molar-refractivity contribution in [1.82, 2.24) is 0 Å². The average molecular weight is 217 g/mol. The second kappa shape index (κ2) is 4.08. The Bertz CT molecular complexity index is 239. The molecule has 2 N–H and O–H groups in total. The number of alkyl halides is 1. The van der Waals surface area contributed by atoms with Crippen LogP contribution in [-0.4, -0.2) is 23.3 Å². The van der Waals surface area contributed by atoms with Crippen molar-refractivity contribution < 1.29 is 13.9 Å². The summed E-state index contributed by atoms with van der Waals surface area (Å²) in [5, 5.41) is 0. The molecule has 0 spiro atoms. The summed E-state index contributed by atoms with van der Waals surface area (Å²) in [6.07, 6.45) is 0.681. The predicted molar refractivity (Wildman–Crippen MR) is 56.1 cm³/mol. The van der Waals surface area contributed by atoms with E-state index in [0.717, 1.165) is 0 Å². The number of rotatable bonds is 2. The first-order chi connectivity index (χ1) is 6.75. The van der Waals surface area contributed by atoms with Crippen molar-refractivity contribution in [3.63, 3.8) is 0 Å². The van der Waals surface area contributed by atoms with Crippen LogP contribution in [0.15, 0.2) is 0 Å². The van der Waals surface area contributed by atoms with Crippen molar-refractivity contribution in [2.45, 2.75) is 63.8 Å². The highest BCUT2D eigenvalue weighted by Crippen LogP contribution is 2.36. The van der Waals surface area contributed by atoms with Gasteiger partial charge in [-0.3, -0.25) is 4.79 Å². The predicted octanol–water partition coefficient (Wildman–Crippen LogP) is 1.94. The van der Waals surface area contributed by atoms with Gasteiger partial charge in [0.15, 0.2) is 0 Å². The summed E-state index contributed by atoms with van der Waals surface area (Å²) in [5.74, 6) is -0.468. The zero-order valence-corrected chi connectivity index (χ0v) is 9.68. The first kappa shape index (κ1) is 12.4. The van der Waals surface area contributed by atoms with Crippen molar-refractivity contribution in [2.75, 3.05) is 0 Å². The standard InChI is InChI=1S/C11H20FNO2/c1-10(2,3)15-11(9(13)14)6-4-8(12)5-7-11/h8H,4-7H2,1-3H3,(H2,13,14). The second-order valence-electron chi connectivity index (χ2n) is 5.25. The van der Waals surface area contributed by atoms with Crippen LogP contribution in [0.25, 0.3) is 0 Å². The van der Waals surface area contributed by atoms with Crippen molar-refractivity contribution in [3.8, 4) is 0 Å². The van der Waals surface area contributed by atoms with Crippen LogP contribution in [-0.2, 0) is 9.53 Å². The number of primary amides is 1.